The molecule has 0 aliphatic carbocycles. The predicted octanol–water partition coefficient (Wildman–Crippen LogP) is 0.392. The van der Waals surface area contributed by atoms with Gasteiger partial charge < -0.3 is 0 Å². The summed E-state index contributed by atoms with van der Waals surface area (Å²) in [6, 6.07) is -1.40. The minimum absolute atomic E-state index is 1.40. The number of carbonyl (C=O) groups is 1. The molecule has 0 aromatic carbocycles. The van der Waals surface area contributed by atoms with E-state index in [1.165, 1.54) is 0 Å². The first-order chi connectivity index (χ1) is 4.45. The molecular weight excluding hydrogens is 164 g/mol. The van der Waals surface area contributed by atoms with Gasteiger partial charge in [0.25, 0.3) is 0 Å². The Kier molecular flexibility index (Phi) is 2.70. The largest absolute Gasteiger partial charge is 0.404 e. The summed E-state index contributed by atoms with van der Waals surface area (Å²) in [7, 11) is -4.64. The zero-order valence-electron chi connectivity index (χ0n) is 4.42. The number of amides is 2. The molecule has 0 aliphatic heterocycles. The summed E-state index contributed by atoms with van der Waals surface area (Å²) < 4.78 is 29.3. The molecule has 10 heavy (non-hydrogen) atoms. The summed E-state index contributed by atoms with van der Waals surface area (Å²) in [5.74, 6) is 0. The molecule has 0 saturated heterocycles. The van der Waals surface area contributed by atoms with Crippen LogP contribution in [0.2, 0.25) is 0 Å². The van der Waals surface area contributed by atoms with E-state index in [1.807, 2.05) is 0 Å². The standard InChI is InChI=1S/CH2N4O4S/c2-3-1(6)4-5-10(7,8)9/h2H,(H,7,8,9). The SMILES string of the molecule is N=NC(=O)N=NS(=O)(=O)O. The van der Waals surface area contributed by atoms with Crippen molar-refractivity contribution in [3.63, 3.8) is 0 Å². The molecule has 0 aromatic rings. The lowest BCUT2D eigenvalue weighted by atomic mass is 11.2. The summed E-state index contributed by atoms with van der Waals surface area (Å²) in [6.45, 7) is 0. The molecule has 0 aliphatic rings. The number of hydrogen-bond donors (Lipinski definition) is 2. The van der Waals surface area contributed by atoms with Crippen LogP contribution in [0.4, 0.5) is 4.79 Å². The van der Waals surface area contributed by atoms with Gasteiger partial charge in [-0.2, -0.15) is 13.9 Å². The molecule has 0 spiro atoms. The van der Waals surface area contributed by atoms with E-state index in [2.05, 4.69) is 14.7 Å². The Labute approximate surface area is 55.3 Å². The number of nitrogens with one attached hydrogen (secondary N) is 1. The molecule has 56 valence electrons. The third-order valence-electron chi connectivity index (χ3n) is 0.325. The molecule has 8 nitrogen and oxygen atoms in total. The fourth-order valence-electron chi connectivity index (χ4n) is 0.109. The fraction of sp³-hybridized carbons (Fsp3) is 0. The van der Waals surface area contributed by atoms with Gasteiger partial charge in [0.05, 0.1) is 0 Å². The van der Waals surface area contributed by atoms with Gasteiger partial charge in [-0.1, -0.05) is 10.2 Å². The molecule has 0 aromatic heterocycles. The third kappa shape index (κ3) is 4.93. The van der Waals surface area contributed by atoms with Gasteiger partial charge >= 0.3 is 16.3 Å². The monoisotopic (exact) mass is 166 g/mol. The van der Waals surface area contributed by atoms with E-state index >= 15 is 0 Å². The molecule has 2 amide bonds. The molecule has 2 N–H and O–H groups in total. The number of urea groups is 1. The van der Waals surface area contributed by atoms with Crippen molar-refractivity contribution in [3.05, 3.63) is 0 Å². The van der Waals surface area contributed by atoms with Crippen LogP contribution in [0, 0.1) is 5.53 Å². The van der Waals surface area contributed by atoms with Crippen molar-refractivity contribution in [1.29, 1.82) is 5.53 Å². The van der Waals surface area contributed by atoms with E-state index in [4.69, 9.17) is 10.1 Å². The maximum atomic E-state index is 9.87. The van der Waals surface area contributed by atoms with Crippen LogP contribution < -0.4 is 0 Å². The van der Waals surface area contributed by atoms with E-state index in [9.17, 15) is 13.2 Å². The van der Waals surface area contributed by atoms with E-state index in [1.54, 1.807) is 0 Å². The molecular formula is CH2N4O4S. The van der Waals surface area contributed by atoms with Crippen LogP contribution >= 0.6 is 0 Å². The summed E-state index contributed by atoms with van der Waals surface area (Å²) in [5, 5.41) is 4.47. The van der Waals surface area contributed by atoms with Crippen molar-refractivity contribution >= 4 is 16.3 Å². The Bertz CT molecular complexity index is 263. The van der Waals surface area contributed by atoms with Crippen LogP contribution in [-0.4, -0.2) is 19.0 Å². The normalized spacial score (nSPS) is 11.7. The van der Waals surface area contributed by atoms with Crippen LogP contribution in [0.25, 0.3) is 0 Å². The minimum Gasteiger partial charge on any atom is -0.267 e. The number of rotatable bonds is 1. The van der Waals surface area contributed by atoms with Crippen molar-refractivity contribution < 1.29 is 17.8 Å². The van der Waals surface area contributed by atoms with Gasteiger partial charge in [0.15, 0.2) is 0 Å². The lowest BCUT2D eigenvalue weighted by molar-refractivity contribution is 0.254. The first-order valence-electron chi connectivity index (χ1n) is 1.77. The first-order valence-corrected chi connectivity index (χ1v) is 3.17. The Balaban J connectivity index is 4.29. The van der Waals surface area contributed by atoms with Crippen molar-refractivity contribution in [3.8, 4) is 0 Å². The highest BCUT2D eigenvalue weighted by Crippen LogP contribution is 1.88. The molecule has 0 saturated carbocycles. The van der Waals surface area contributed by atoms with Crippen LogP contribution in [-0.2, 0) is 10.3 Å². The third-order valence-corrected chi connectivity index (χ3v) is 0.613. The minimum atomic E-state index is -4.64. The summed E-state index contributed by atoms with van der Waals surface area (Å²) in [6.07, 6.45) is 0. The van der Waals surface area contributed by atoms with E-state index in [0.29, 0.717) is 0 Å². The number of hydrogen-bond acceptors (Lipinski definition) is 4. The number of nitrogens with zero attached hydrogens (tertiary/aromatic N) is 3. The quantitative estimate of drug-likeness (QED) is 0.430. The summed E-state index contributed by atoms with van der Waals surface area (Å²) in [5.41, 5.74) is 5.96. The summed E-state index contributed by atoms with van der Waals surface area (Å²) in [4.78, 5) is 9.87. The Morgan fingerprint density at radius 3 is 2.30 bits per heavy atom. The smallest absolute Gasteiger partial charge is 0.267 e. The van der Waals surface area contributed by atoms with Crippen LogP contribution in [0.1, 0.15) is 0 Å². The Hall–Kier alpha value is -1.22. The highest BCUT2D eigenvalue weighted by atomic mass is 32.2. The van der Waals surface area contributed by atoms with Crippen LogP contribution in [0.3, 0.4) is 0 Å². The molecule has 0 bridgehead atoms. The Morgan fingerprint density at radius 1 is 1.50 bits per heavy atom. The molecule has 0 atom stereocenters. The maximum absolute atomic E-state index is 9.87. The lowest BCUT2D eigenvalue weighted by Gasteiger charge is -1.77. The molecule has 9 heteroatoms. The van der Waals surface area contributed by atoms with Crippen molar-refractivity contribution in [1.82, 2.24) is 0 Å². The van der Waals surface area contributed by atoms with Gasteiger partial charge in [-0.15, -0.1) is 0 Å². The van der Waals surface area contributed by atoms with Gasteiger partial charge in [-0.25, -0.2) is 4.79 Å². The summed E-state index contributed by atoms with van der Waals surface area (Å²) >= 11 is 0. The highest BCUT2D eigenvalue weighted by Gasteiger charge is 2.00. The Morgan fingerprint density at radius 2 is 2.00 bits per heavy atom. The van der Waals surface area contributed by atoms with E-state index in [-0.39, 0.29) is 0 Å². The van der Waals surface area contributed by atoms with E-state index in [0.717, 1.165) is 0 Å². The van der Waals surface area contributed by atoms with Crippen molar-refractivity contribution in [2.75, 3.05) is 0 Å². The average Bonchev–Trinajstić information content (AvgIpc) is 1.81. The maximum Gasteiger partial charge on any atom is 0.404 e. The molecule has 0 unspecified atom stereocenters. The van der Waals surface area contributed by atoms with Gasteiger partial charge in [-0.05, 0) is 4.52 Å². The zero-order chi connectivity index (χ0) is 8.20. The van der Waals surface area contributed by atoms with Gasteiger partial charge in [0.2, 0.25) is 0 Å². The van der Waals surface area contributed by atoms with Crippen molar-refractivity contribution in [2.24, 2.45) is 14.7 Å². The van der Waals surface area contributed by atoms with Crippen molar-refractivity contribution in [2.45, 2.75) is 0 Å². The average molecular weight is 166 g/mol. The van der Waals surface area contributed by atoms with Gasteiger partial charge in [0.1, 0.15) is 0 Å². The van der Waals surface area contributed by atoms with Crippen LogP contribution in [0.5, 0.6) is 0 Å². The topological polar surface area (TPSA) is 132 Å². The van der Waals surface area contributed by atoms with E-state index < -0.39 is 16.3 Å². The second-order valence-electron chi connectivity index (χ2n) is 1.02. The van der Waals surface area contributed by atoms with Gasteiger partial charge in [-0.3, -0.25) is 4.55 Å². The molecule has 0 fully saturated rings. The molecule has 0 radical (unpaired) electrons. The molecule has 0 rings (SSSR count). The second kappa shape index (κ2) is 3.08. The first kappa shape index (κ1) is 8.78. The zero-order valence-corrected chi connectivity index (χ0v) is 5.24. The second-order valence-corrected chi connectivity index (χ2v) is 2.08. The lowest BCUT2D eigenvalue weighted by Crippen LogP contribution is -1.90. The fourth-order valence-corrected chi connectivity index (χ4v) is 0.282. The highest BCUT2D eigenvalue weighted by molar-refractivity contribution is 7.84. The number of carbonyl (C=O) groups excluding carboxylic acids is 1. The van der Waals surface area contributed by atoms with Gasteiger partial charge in [0, 0.05) is 0 Å². The van der Waals surface area contributed by atoms with Crippen LogP contribution in [0.15, 0.2) is 14.7 Å². The predicted molar refractivity (Wildman–Crippen MR) is 26.9 cm³/mol. The molecule has 0 heterocycles.